The predicted molar refractivity (Wildman–Crippen MR) is 63.4 cm³/mol. The molecule has 0 amide bonds. The summed E-state index contributed by atoms with van der Waals surface area (Å²) < 4.78 is 29.5. The number of aryl methyl sites for hydroxylation is 1. The van der Waals surface area contributed by atoms with Gasteiger partial charge in [-0.2, -0.15) is 0 Å². The maximum Gasteiger partial charge on any atom is 0.322 e. The lowest BCUT2D eigenvalue weighted by molar-refractivity contribution is -0.137. The number of halogens is 1. The lowest BCUT2D eigenvalue weighted by Gasteiger charge is -2.07. The Morgan fingerprint density at radius 1 is 1.59 bits per heavy atom. The minimum atomic E-state index is -3.78. The fourth-order valence-electron chi connectivity index (χ4n) is 1.04. The van der Waals surface area contributed by atoms with Crippen LogP contribution in [0, 0.1) is 6.92 Å². The van der Waals surface area contributed by atoms with E-state index in [1.807, 2.05) is 0 Å². The number of pyridine rings is 1. The van der Waals surface area contributed by atoms with Crippen molar-refractivity contribution in [3.63, 3.8) is 0 Å². The monoisotopic (exact) mass is 278 g/mol. The normalized spacial score (nSPS) is 11.0. The number of anilines is 1. The second-order valence-electron chi connectivity index (χ2n) is 3.27. The molecule has 1 N–H and O–H groups in total. The van der Waals surface area contributed by atoms with E-state index in [1.54, 1.807) is 6.92 Å². The summed E-state index contributed by atoms with van der Waals surface area (Å²) in [6.07, 6.45) is 1.27. The molecule has 17 heavy (non-hydrogen) atoms. The Morgan fingerprint density at radius 3 is 2.76 bits per heavy atom. The molecule has 94 valence electrons. The van der Waals surface area contributed by atoms with Gasteiger partial charge in [0.05, 0.1) is 19.0 Å². The summed E-state index contributed by atoms with van der Waals surface area (Å²) in [4.78, 5) is 14.6. The van der Waals surface area contributed by atoms with Gasteiger partial charge in [0.1, 0.15) is 5.15 Å². The van der Waals surface area contributed by atoms with Crippen LogP contribution in [0.25, 0.3) is 0 Å². The molecule has 0 saturated carbocycles. The maximum atomic E-state index is 11.5. The summed E-state index contributed by atoms with van der Waals surface area (Å²) in [5.74, 6) is -1.58. The van der Waals surface area contributed by atoms with Gasteiger partial charge in [-0.25, -0.2) is 13.4 Å². The van der Waals surface area contributed by atoms with Crippen LogP contribution in [0.2, 0.25) is 5.15 Å². The molecule has 1 rings (SSSR count). The maximum absolute atomic E-state index is 11.5. The Hall–Kier alpha value is -1.34. The van der Waals surface area contributed by atoms with Gasteiger partial charge in [0, 0.05) is 0 Å². The first-order chi connectivity index (χ1) is 7.84. The number of aromatic nitrogens is 1. The van der Waals surface area contributed by atoms with Crippen molar-refractivity contribution in [2.45, 2.75) is 6.92 Å². The first-order valence-electron chi connectivity index (χ1n) is 4.53. The predicted octanol–water partition coefficient (Wildman–Crippen LogP) is 0.958. The van der Waals surface area contributed by atoms with Crippen molar-refractivity contribution in [1.29, 1.82) is 0 Å². The summed E-state index contributed by atoms with van der Waals surface area (Å²) in [7, 11) is -2.67. The first kappa shape index (κ1) is 13.7. The van der Waals surface area contributed by atoms with E-state index in [4.69, 9.17) is 11.6 Å². The molecule has 0 unspecified atom stereocenters. The summed E-state index contributed by atoms with van der Waals surface area (Å²) in [5, 5.41) is 0.293. The number of hydrogen-bond acceptors (Lipinski definition) is 5. The van der Waals surface area contributed by atoms with Crippen LogP contribution in [-0.2, 0) is 19.6 Å². The minimum Gasteiger partial charge on any atom is -0.468 e. The molecule has 0 fully saturated rings. The van der Waals surface area contributed by atoms with Gasteiger partial charge in [0.25, 0.3) is 0 Å². The Morgan fingerprint density at radius 2 is 2.24 bits per heavy atom. The van der Waals surface area contributed by atoms with Crippen molar-refractivity contribution in [2.24, 2.45) is 0 Å². The van der Waals surface area contributed by atoms with E-state index in [9.17, 15) is 13.2 Å². The molecule has 0 saturated heterocycles. The number of ether oxygens (including phenoxy) is 1. The number of methoxy groups -OCH3 is 1. The van der Waals surface area contributed by atoms with E-state index >= 15 is 0 Å². The lowest BCUT2D eigenvalue weighted by Crippen LogP contribution is -2.23. The van der Waals surface area contributed by atoms with Crippen LogP contribution in [0.4, 0.5) is 5.69 Å². The van der Waals surface area contributed by atoms with E-state index in [0.29, 0.717) is 10.7 Å². The van der Waals surface area contributed by atoms with Gasteiger partial charge in [0.15, 0.2) is 5.75 Å². The van der Waals surface area contributed by atoms with Crippen molar-refractivity contribution in [3.05, 3.63) is 23.0 Å². The molecule has 0 aliphatic rings. The molecule has 1 heterocycles. The van der Waals surface area contributed by atoms with Crippen LogP contribution in [0.1, 0.15) is 5.56 Å². The smallest absolute Gasteiger partial charge is 0.322 e. The zero-order valence-corrected chi connectivity index (χ0v) is 10.8. The Bertz CT molecular complexity index is 530. The molecule has 0 radical (unpaired) electrons. The van der Waals surface area contributed by atoms with Crippen LogP contribution in [0.15, 0.2) is 12.3 Å². The molecule has 6 nitrogen and oxygen atoms in total. The van der Waals surface area contributed by atoms with Crippen LogP contribution in [-0.4, -0.2) is 32.2 Å². The van der Waals surface area contributed by atoms with Gasteiger partial charge >= 0.3 is 5.97 Å². The average molecular weight is 279 g/mol. The molecule has 8 heteroatoms. The molecular weight excluding hydrogens is 268 g/mol. The fraction of sp³-hybridized carbons (Fsp3) is 0.333. The molecule has 0 atom stereocenters. The molecule has 1 aromatic rings. The number of nitrogens with one attached hydrogen (secondary N) is 1. The van der Waals surface area contributed by atoms with E-state index in [1.165, 1.54) is 12.3 Å². The molecular formula is C9H11ClN2O4S. The minimum absolute atomic E-state index is 0.246. The SMILES string of the molecule is COC(=O)CS(=O)(=O)Nc1cnc(Cl)c(C)c1. The van der Waals surface area contributed by atoms with E-state index < -0.39 is 21.7 Å². The highest BCUT2D eigenvalue weighted by Crippen LogP contribution is 2.17. The van der Waals surface area contributed by atoms with Crippen molar-refractivity contribution in [2.75, 3.05) is 17.6 Å². The summed E-state index contributed by atoms with van der Waals surface area (Å²) in [6.45, 7) is 1.69. The van der Waals surface area contributed by atoms with Gasteiger partial charge in [-0.1, -0.05) is 11.6 Å². The summed E-state index contributed by atoms with van der Waals surface area (Å²) in [6, 6.07) is 1.52. The van der Waals surface area contributed by atoms with Crippen molar-refractivity contribution in [1.82, 2.24) is 4.98 Å². The average Bonchev–Trinajstić information content (AvgIpc) is 2.22. The number of carbonyl (C=O) groups excluding carboxylic acids is 1. The Kier molecular flexibility index (Phi) is 4.30. The summed E-state index contributed by atoms with van der Waals surface area (Å²) >= 11 is 5.70. The van der Waals surface area contributed by atoms with E-state index in [0.717, 1.165) is 7.11 Å². The van der Waals surface area contributed by atoms with Crippen molar-refractivity contribution < 1.29 is 17.9 Å². The number of sulfonamides is 1. The quantitative estimate of drug-likeness (QED) is 0.655. The Labute approximate surface area is 104 Å². The Balaban J connectivity index is 2.83. The van der Waals surface area contributed by atoms with Gasteiger partial charge in [-0.3, -0.25) is 9.52 Å². The number of rotatable bonds is 4. The van der Waals surface area contributed by atoms with Gasteiger partial charge < -0.3 is 4.74 Å². The number of nitrogens with zero attached hydrogens (tertiary/aromatic N) is 1. The highest BCUT2D eigenvalue weighted by molar-refractivity contribution is 7.93. The van der Waals surface area contributed by atoms with Crippen molar-refractivity contribution in [3.8, 4) is 0 Å². The molecule has 0 aliphatic heterocycles. The zero-order valence-electron chi connectivity index (χ0n) is 9.23. The van der Waals surface area contributed by atoms with E-state index in [-0.39, 0.29) is 5.69 Å². The van der Waals surface area contributed by atoms with Gasteiger partial charge in [-0.05, 0) is 18.6 Å². The highest BCUT2D eigenvalue weighted by atomic mass is 35.5. The number of carbonyl (C=O) groups is 1. The van der Waals surface area contributed by atoms with Crippen LogP contribution >= 0.6 is 11.6 Å². The topological polar surface area (TPSA) is 85.4 Å². The second kappa shape index (κ2) is 5.33. The number of esters is 1. The van der Waals surface area contributed by atoms with Crippen LogP contribution in [0.5, 0.6) is 0 Å². The standard InChI is InChI=1S/C9H11ClN2O4S/c1-6-3-7(4-11-9(6)10)12-17(14,15)5-8(13)16-2/h3-4,12H,5H2,1-2H3. The number of hydrogen-bond donors (Lipinski definition) is 1. The van der Waals surface area contributed by atoms with Crippen molar-refractivity contribution >= 4 is 33.3 Å². The molecule has 0 bridgehead atoms. The molecule has 0 aromatic carbocycles. The zero-order chi connectivity index (χ0) is 13.1. The van der Waals surface area contributed by atoms with Crippen LogP contribution < -0.4 is 4.72 Å². The largest absolute Gasteiger partial charge is 0.468 e. The molecule has 0 spiro atoms. The highest BCUT2D eigenvalue weighted by Gasteiger charge is 2.17. The van der Waals surface area contributed by atoms with E-state index in [2.05, 4.69) is 14.4 Å². The third-order valence-electron chi connectivity index (χ3n) is 1.82. The third-order valence-corrected chi connectivity index (χ3v) is 3.38. The summed E-state index contributed by atoms with van der Waals surface area (Å²) in [5.41, 5.74) is 0.876. The third kappa shape index (κ3) is 4.20. The second-order valence-corrected chi connectivity index (χ2v) is 5.35. The first-order valence-corrected chi connectivity index (χ1v) is 6.56. The molecule has 1 aromatic heterocycles. The molecule has 0 aliphatic carbocycles. The van der Waals surface area contributed by atoms with Gasteiger partial charge in [0.2, 0.25) is 10.0 Å². The lowest BCUT2D eigenvalue weighted by atomic mass is 10.3. The fourth-order valence-corrected chi connectivity index (χ4v) is 2.12. The van der Waals surface area contributed by atoms with Crippen LogP contribution in [0.3, 0.4) is 0 Å². The van der Waals surface area contributed by atoms with Gasteiger partial charge in [-0.15, -0.1) is 0 Å².